The number of hydrogen-bond donors (Lipinski definition) is 1. The number of fused-ring (bicyclic) bond motifs is 1. The van der Waals surface area contributed by atoms with Crippen LogP contribution in [-0.4, -0.2) is 29.3 Å². The van der Waals surface area contributed by atoms with Crippen molar-refractivity contribution >= 4 is 11.6 Å². The topological polar surface area (TPSA) is 73.4 Å². The first-order valence-corrected chi connectivity index (χ1v) is 6.94. The maximum Gasteiger partial charge on any atom is 0.264 e. The highest BCUT2D eigenvalue weighted by Crippen LogP contribution is 2.35. The van der Waals surface area contributed by atoms with Gasteiger partial charge in [0.25, 0.3) is 5.91 Å². The monoisotopic (exact) mass is 286 g/mol. The van der Waals surface area contributed by atoms with Gasteiger partial charge in [0.05, 0.1) is 17.1 Å². The van der Waals surface area contributed by atoms with E-state index in [1.807, 2.05) is 35.9 Å². The molecule has 2 aromatic rings. The fourth-order valence-corrected chi connectivity index (χ4v) is 2.47. The molecule has 0 fully saturated rings. The van der Waals surface area contributed by atoms with Crippen molar-refractivity contribution in [2.24, 2.45) is 5.73 Å². The van der Waals surface area contributed by atoms with Gasteiger partial charge in [0.15, 0.2) is 6.61 Å². The number of ether oxygens (including phenoxy) is 1. The van der Waals surface area contributed by atoms with Crippen molar-refractivity contribution in [3.05, 3.63) is 30.0 Å². The van der Waals surface area contributed by atoms with Gasteiger partial charge in [0.2, 0.25) is 0 Å². The summed E-state index contributed by atoms with van der Waals surface area (Å²) in [4.78, 5) is 13.3. The highest BCUT2D eigenvalue weighted by Gasteiger charge is 2.23. The molecule has 1 aliphatic heterocycles. The molecule has 0 atom stereocenters. The maximum absolute atomic E-state index is 11.7. The van der Waals surface area contributed by atoms with Gasteiger partial charge in [0.1, 0.15) is 5.75 Å². The predicted octanol–water partition coefficient (Wildman–Crippen LogP) is 1.38. The number of carbonyl (C=O) groups is 1. The Morgan fingerprint density at radius 2 is 2.19 bits per heavy atom. The zero-order chi connectivity index (χ0) is 15.0. The van der Waals surface area contributed by atoms with Crippen molar-refractivity contribution in [3.8, 4) is 17.0 Å². The molecular weight excluding hydrogens is 268 g/mol. The Labute approximate surface area is 123 Å². The molecular formula is C15H18N4O2. The molecule has 0 spiro atoms. The van der Waals surface area contributed by atoms with Gasteiger partial charge in [-0.3, -0.25) is 9.48 Å². The Bertz CT molecular complexity index is 671. The minimum atomic E-state index is -0.0543. The summed E-state index contributed by atoms with van der Waals surface area (Å²) in [6.07, 6.45) is 0. The highest BCUT2D eigenvalue weighted by atomic mass is 16.5. The molecule has 3 rings (SSSR count). The van der Waals surface area contributed by atoms with E-state index in [0.717, 1.165) is 34.9 Å². The standard InChI is InChI=1S/C15H18N4O2/c1-3-19-11(8-16)7-12(17-19)10-4-5-14-13(6-10)18(2)15(20)9-21-14/h4-7H,3,8-9,16H2,1-2H3. The van der Waals surface area contributed by atoms with Gasteiger partial charge in [-0.05, 0) is 31.2 Å². The minimum Gasteiger partial charge on any atom is -0.482 e. The zero-order valence-corrected chi connectivity index (χ0v) is 12.2. The van der Waals surface area contributed by atoms with Crippen LogP contribution in [0.2, 0.25) is 0 Å². The molecule has 6 heteroatoms. The molecule has 110 valence electrons. The minimum absolute atomic E-state index is 0.0543. The van der Waals surface area contributed by atoms with Gasteiger partial charge in [-0.1, -0.05) is 0 Å². The first-order chi connectivity index (χ1) is 10.1. The van der Waals surface area contributed by atoms with Crippen LogP contribution in [0, 0.1) is 0 Å². The summed E-state index contributed by atoms with van der Waals surface area (Å²) in [6.45, 7) is 3.35. The van der Waals surface area contributed by atoms with Crippen LogP contribution < -0.4 is 15.4 Å². The Balaban J connectivity index is 2.04. The third kappa shape index (κ3) is 2.27. The molecule has 21 heavy (non-hydrogen) atoms. The molecule has 6 nitrogen and oxygen atoms in total. The number of carbonyl (C=O) groups excluding carboxylic acids is 1. The molecule has 0 radical (unpaired) electrons. The highest BCUT2D eigenvalue weighted by molar-refractivity contribution is 5.98. The van der Waals surface area contributed by atoms with E-state index in [1.165, 1.54) is 0 Å². The smallest absolute Gasteiger partial charge is 0.264 e. The Morgan fingerprint density at radius 1 is 1.38 bits per heavy atom. The van der Waals surface area contributed by atoms with Gasteiger partial charge in [0, 0.05) is 25.7 Å². The van der Waals surface area contributed by atoms with E-state index in [0.29, 0.717) is 6.54 Å². The van der Waals surface area contributed by atoms with Crippen molar-refractivity contribution in [1.82, 2.24) is 9.78 Å². The van der Waals surface area contributed by atoms with Crippen molar-refractivity contribution in [3.63, 3.8) is 0 Å². The van der Waals surface area contributed by atoms with Gasteiger partial charge < -0.3 is 15.4 Å². The summed E-state index contributed by atoms with van der Waals surface area (Å²) in [5.41, 5.74) is 9.29. The zero-order valence-electron chi connectivity index (χ0n) is 12.2. The normalized spacial score (nSPS) is 14.0. The molecule has 2 heterocycles. The average Bonchev–Trinajstić information content (AvgIpc) is 2.94. The van der Waals surface area contributed by atoms with Gasteiger partial charge in [-0.15, -0.1) is 0 Å². The lowest BCUT2D eigenvalue weighted by atomic mass is 10.1. The summed E-state index contributed by atoms with van der Waals surface area (Å²) in [6, 6.07) is 7.73. The second kappa shape index (κ2) is 5.21. The second-order valence-corrected chi connectivity index (χ2v) is 4.96. The fraction of sp³-hybridized carbons (Fsp3) is 0.333. The number of rotatable bonds is 3. The van der Waals surface area contributed by atoms with E-state index in [4.69, 9.17) is 10.5 Å². The van der Waals surface area contributed by atoms with Crippen LogP contribution in [-0.2, 0) is 17.9 Å². The molecule has 0 saturated heterocycles. The summed E-state index contributed by atoms with van der Waals surface area (Å²) in [5.74, 6) is 0.663. The molecule has 1 aromatic carbocycles. The number of anilines is 1. The number of nitrogens with zero attached hydrogens (tertiary/aromatic N) is 3. The summed E-state index contributed by atoms with van der Waals surface area (Å²) >= 11 is 0. The lowest BCUT2D eigenvalue weighted by molar-refractivity contribution is -0.120. The van der Waals surface area contributed by atoms with E-state index < -0.39 is 0 Å². The van der Waals surface area contributed by atoms with Crippen molar-refractivity contribution < 1.29 is 9.53 Å². The van der Waals surface area contributed by atoms with Crippen LogP contribution in [0.15, 0.2) is 24.3 Å². The van der Waals surface area contributed by atoms with E-state index >= 15 is 0 Å². The van der Waals surface area contributed by atoms with E-state index in [2.05, 4.69) is 5.10 Å². The lowest BCUT2D eigenvalue weighted by Gasteiger charge is -2.26. The third-order valence-corrected chi connectivity index (χ3v) is 3.71. The molecule has 0 unspecified atom stereocenters. The summed E-state index contributed by atoms with van der Waals surface area (Å²) in [5, 5.41) is 4.56. The number of aromatic nitrogens is 2. The van der Waals surface area contributed by atoms with Crippen LogP contribution in [0.25, 0.3) is 11.3 Å². The van der Waals surface area contributed by atoms with Gasteiger partial charge >= 0.3 is 0 Å². The van der Waals surface area contributed by atoms with Gasteiger partial charge in [-0.25, -0.2) is 0 Å². The first-order valence-electron chi connectivity index (χ1n) is 6.94. The van der Waals surface area contributed by atoms with E-state index in [-0.39, 0.29) is 12.5 Å². The molecule has 1 amide bonds. The first kappa shape index (κ1) is 13.6. The molecule has 1 aromatic heterocycles. The SMILES string of the molecule is CCn1nc(-c2ccc3c(c2)N(C)C(=O)CO3)cc1CN. The van der Waals surface area contributed by atoms with Crippen molar-refractivity contribution in [1.29, 1.82) is 0 Å². The molecule has 0 saturated carbocycles. The van der Waals surface area contributed by atoms with Crippen LogP contribution in [0.3, 0.4) is 0 Å². The summed E-state index contributed by atoms with van der Waals surface area (Å²) in [7, 11) is 1.75. The number of hydrogen-bond acceptors (Lipinski definition) is 4. The molecule has 1 aliphatic rings. The van der Waals surface area contributed by atoms with Gasteiger partial charge in [-0.2, -0.15) is 5.10 Å². The molecule has 0 bridgehead atoms. The Kier molecular flexibility index (Phi) is 3.39. The quantitative estimate of drug-likeness (QED) is 0.925. The average molecular weight is 286 g/mol. The maximum atomic E-state index is 11.7. The number of nitrogens with two attached hydrogens (primary N) is 1. The third-order valence-electron chi connectivity index (χ3n) is 3.71. The second-order valence-electron chi connectivity index (χ2n) is 4.96. The van der Waals surface area contributed by atoms with Crippen LogP contribution in [0.4, 0.5) is 5.69 Å². The van der Waals surface area contributed by atoms with E-state index in [9.17, 15) is 4.79 Å². The largest absolute Gasteiger partial charge is 0.482 e. The number of benzene rings is 1. The molecule has 2 N–H and O–H groups in total. The number of likely N-dealkylation sites (N-methyl/N-ethyl adjacent to an activating group) is 1. The lowest BCUT2D eigenvalue weighted by Crippen LogP contribution is -2.35. The Morgan fingerprint density at radius 3 is 2.86 bits per heavy atom. The van der Waals surface area contributed by atoms with Crippen LogP contribution in [0.1, 0.15) is 12.6 Å². The predicted molar refractivity (Wildman–Crippen MR) is 80.1 cm³/mol. The van der Waals surface area contributed by atoms with E-state index in [1.54, 1.807) is 11.9 Å². The molecule has 0 aliphatic carbocycles. The summed E-state index contributed by atoms with van der Waals surface area (Å²) < 4.78 is 7.32. The van der Waals surface area contributed by atoms with Crippen molar-refractivity contribution in [2.45, 2.75) is 20.0 Å². The number of amides is 1. The fourth-order valence-electron chi connectivity index (χ4n) is 2.47. The Hall–Kier alpha value is -2.34. The van der Waals surface area contributed by atoms with Crippen molar-refractivity contribution in [2.75, 3.05) is 18.6 Å². The van der Waals surface area contributed by atoms with Crippen LogP contribution >= 0.6 is 0 Å². The van der Waals surface area contributed by atoms with Crippen LogP contribution in [0.5, 0.6) is 5.75 Å². The number of aryl methyl sites for hydroxylation is 1.